The maximum Gasteiger partial charge on any atom is 0.0118 e. The average Bonchev–Trinajstić information content (AvgIpc) is 2.39. The van der Waals surface area contributed by atoms with Crippen LogP contribution in [0.5, 0.6) is 0 Å². The van der Waals surface area contributed by atoms with Crippen LogP contribution >= 0.6 is 0 Å². The van der Waals surface area contributed by atoms with Crippen LogP contribution in [0.25, 0.3) is 0 Å². The third-order valence-corrected chi connectivity index (χ3v) is 3.99. The number of hydrogen-bond acceptors (Lipinski definition) is 0. The maximum absolute atomic E-state index is 2.38. The fourth-order valence-corrected chi connectivity index (χ4v) is 3.09. The van der Waals surface area contributed by atoms with E-state index < -0.39 is 0 Å². The monoisotopic (exact) mass is 222 g/mol. The molecule has 1 aliphatic rings. The molecule has 0 fully saturated rings. The third-order valence-electron chi connectivity index (χ3n) is 3.99. The Hall–Kier alpha value is -1.56. The van der Waals surface area contributed by atoms with E-state index in [4.69, 9.17) is 0 Å². The lowest BCUT2D eigenvalue weighted by Gasteiger charge is -2.31. The highest BCUT2D eigenvalue weighted by Gasteiger charge is 2.27. The van der Waals surface area contributed by atoms with Gasteiger partial charge in [0.05, 0.1) is 0 Å². The highest BCUT2D eigenvalue weighted by Crippen LogP contribution is 2.40. The quantitative estimate of drug-likeness (QED) is 0.671. The van der Waals surface area contributed by atoms with Crippen LogP contribution < -0.4 is 0 Å². The van der Waals surface area contributed by atoms with E-state index in [1.807, 2.05) is 0 Å². The van der Waals surface area contributed by atoms with E-state index in [9.17, 15) is 0 Å². The molecule has 0 heteroatoms. The van der Waals surface area contributed by atoms with Crippen LogP contribution in [0.15, 0.2) is 54.6 Å². The molecule has 0 aromatic heterocycles. The van der Waals surface area contributed by atoms with Gasteiger partial charge in [0, 0.05) is 5.92 Å². The molecule has 1 aliphatic carbocycles. The van der Waals surface area contributed by atoms with Gasteiger partial charge in [0.15, 0.2) is 0 Å². The summed E-state index contributed by atoms with van der Waals surface area (Å²) in [7, 11) is 0. The molecule has 2 atom stereocenters. The number of hydrogen-bond donors (Lipinski definition) is 0. The first-order valence-electron chi connectivity index (χ1n) is 6.49. The van der Waals surface area contributed by atoms with Crippen LogP contribution in [0.4, 0.5) is 0 Å². The van der Waals surface area contributed by atoms with Gasteiger partial charge in [-0.05, 0) is 35.4 Å². The van der Waals surface area contributed by atoms with Gasteiger partial charge in [-0.3, -0.25) is 0 Å². The molecule has 0 heterocycles. The molecule has 86 valence electrons. The zero-order valence-corrected chi connectivity index (χ0v) is 10.3. The van der Waals surface area contributed by atoms with Crippen molar-refractivity contribution in [2.24, 2.45) is 5.92 Å². The van der Waals surface area contributed by atoms with E-state index in [0.29, 0.717) is 5.92 Å². The summed E-state index contributed by atoms with van der Waals surface area (Å²) in [6.07, 6.45) is 2.54. The highest BCUT2D eigenvalue weighted by molar-refractivity contribution is 5.40. The van der Waals surface area contributed by atoms with Crippen molar-refractivity contribution in [2.45, 2.75) is 25.7 Å². The first-order chi connectivity index (χ1) is 8.36. The summed E-state index contributed by atoms with van der Waals surface area (Å²) in [5.74, 6) is 1.33. The van der Waals surface area contributed by atoms with Gasteiger partial charge in [0.1, 0.15) is 0 Å². The van der Waals surface area contributed by atoms with Crippen molar-refractivity contribution in [3.8, 4) is 0 Å². The van der Waals surface area contributed by atoms with Crippen LogP contribution in [0.3, 0.4) is 0 Å². The minimum Gasteiger partial charge on any atom is -0.0622 e. The summed E-state index contributed by atoms with van der Waals surface area (Å²) >= 11 is 0. The zero-order chi connectivity index (χ0) is 11.7. The molecule has 0 spiro atoms. The Labute approximate surface area is 103 Å². The zero-order valence-electron chi connectivity index (χ0n) is 10.3. The minimum atomic E-state index is 0.584. The van der Waals surface area contributed by atoms with Crippen LogP contribution in [0.2, 0.25) is 0 Å². The van der Waals surface area contributed by atoms with Crippen molar-refractivity contribution in [3.63, 3.8) is 0 Å². The molecule has 0 N–H and O–H groups in total. The predicted octanol–water partition coefficient (Wildman–Crippen LogP) is 4.40. The first kappa shape index (κ1) is 10.6. The van der Waals surface area contributed by atoms with Crippen LogP contribution in [-0.2, 0) is 6.42 Å². The lowest BCUT2D eigenvalue weighted by Crippen LogP contribution is -2.19. The lowest BCUT2D eigenvalue weighted by atomic mass is 9.73. The molecule has 0 radical (unpaired) electrons. The van der Waals surface area contributed by atoms with E-state index in [-0.39, 0.29) is 0 Å². The Morgan fingerprint density at radius 3 is 2.41 bits per heavy atom. The number of aryl methyl sites for hydroxylation is 1. The largest absolute Gasteiger partial charge is 0.0622 e. The molecule has 0 unspecified atom stereocenters. The van der Waals surface area contributed by atoms with Gasteiger partial charge in [0.2, 0.25) is 0 Å². The van der Waals surface area contributed by atoms with Crippen LogP contribution in [0, 0.1) is 5.92 Å². The fraction of sp³-hybridized carbons (Fsp3) is 0.294. The van der Waals surface area contributed by atoms with Gasteiger partial charge in [-0.1, -0.05) is 61.5 Å². The molecule has 0 bridgehead atoms. The van der Waals surface area contributed by atoms with Crippen molar-refractivity contribution in [3.05, 3.63) is 71.3 Å². The van der Waals surface area contributed by atoms with Crippen molar-refractivity contribution in [2.75, 3.05) is 0 Å². The summed E-state index contributed by atoms with van der Waals surface area (Å²) in [6, 6.07) is 19.9. The molecule has 17 heavy (non-hydrogen) atoms. The molecule has 2 aromatic carbocycles. The minimum absolute atomic E-state index is 0.584. The van der Waals surface area contributed by atoms with Crippen LogP contribution in [-0.4, -0.2) is 0 Å². The Balaban J connectivity index is 2.10. The molecule has 0 amide bonds. The Morgan fingerprint density at radius 1 is 0.882 bits per heavy atom. The Kier molecular flexibility index (Phi) is 2.72. The second kappa shape index (κ2) is 4.37. The second-order valence-corrected chi connectivity index (χ2v) is 5.10. The van der Waals surface area contributed by atoms with Gasteiger partial charge in [-0.15, -0.1) is 0 Å². The average molecular weight is 222 g/mol. The van der Waals surface area contributed by atoms with E-state index in [1.54, 1.807) is 5.56 Å². The summed E-state index contributed by atoms with van der Waals surface area (Å²) < 4.78 is 0. The third kappa shape index (κ3) is 1.88. The molecule has 0 saturated heterocycles. The molecule has 0 aliphatic heterocycles. The summed E-state index contributed by atoms with van der Waals surface area (Å²) in [6.45, 7) is 2.38. The van der Waals surface area contributed by atoms with E-state index in [1.165, 1.54) is 24.0 Å². The van der Waals surface area contributed by atoms with Gasteiger partial charge in [-0.2, -0.15) is 0 Å². The van der Waals surface area contributed by atoms with Crippen molar-refractivity contribution in [1.29, 1.82) is 0 Å². The van der Waals surface area contributed by atoms with E-state index in [0.717, 1.165) is 5.92 Å². The predicted molar refractivity (Wildman–Crippen MR) is 72.2 cm³/mol. The highest BCUT2D eigenvalue weighted by atomic mass is 14.3. The SMILES string of the molecule is C[C@H]1CCc2ccccc2[C@H]1c1ccccc1. The van der Waals surface area contributed by atoms with Gasteiger partial charge in [0.25, 0.3) is 0 Å². The van der Waals surface area contributed by atoms with Gasteiger partial charge in [-0.25, -0.2) is 0 Å². The number of rotatable bonds is 1. The maximum atomic E-state index is 2.38. The summed E-state index contributed by atoms with van der Waals surface area (Å²) in [5.41, 5.74) is 4.55. The van der Waals surface area contributed by atoms with Gasteiger partial charge < -0.3 is 0 Å². The molecular weight excluding hydrogens is 204 g/mol. The van der Waals surface area contributed by atoms with E-state index in [2.05, 4.69) is 61.5 Å². The Bertz CT molecular complexity index is 498. The van der Waals surface area contributed by atoms with Crippen LogP contribution in [0.1, 0.15) is 36.0 Å². The summed E-state index contributed by atoms with van der Waals surface area (Å²) in [5, 5.41) is 0. The molecule has 3 rings (SSSR count). The molecule has 0 saturated carbocycles. The smallest absolute Gasteiger partial charge is 0.0118 e. The standard InChI is InChI=1S/C17H18/c1-13-11-12-14-7-5-6-10-16(14)17(13)15-8-3-2-4-9-15/h2-10,13,17H,11-12H2,1H3/t13-,17+/m0/s1. The lowest BCUT2D eigenvalue weighted by molar-refractivity contribution is 0.446. The van der Waals surface area contributed by atoms with Crippen molar-refractivity contribution >= 4 is 0 Å². The van der Waals surface area contributed by atoms with Gasteiger partial charge >= 0.3 is 0 Å². The first-order valence-corrected chi connectivity index (χ1v) is 6.49. The molecule has 2 aromatic rings. The molecular formula is C17H18. The summed E-state index contributed by atoms with van der Waals surface area (Å²) in [4.78, 5) is 0. The van der Waals surface area contributed by atoms with Crippen molar-refractivity contribution in [1.82, 2.24) is 0 Å². The normalized spacial score (nSPS) is 23.1. The number of fused-ring (bicyclic) bond motifs is 1. The topological polar surface area (TPSA) is 0 Å². The van der Waals surface area contributed by atoms with E-state index >= 15 is 0 Å². The fourth-order valence-electron chi connectivity index (χ4n) is 3.09. The molecule has 0 nitrogen and oxygen atoms in total. The Morgan fingerprint density at radius 2 is 1.59 bits per heavy atom. The number of benzene rings is 2. The van der Waals surface area contributed by atoms with Crippen molar-refractivity contribution < 1.29 is 0 Å². The second-order valence-electron chi connectivity index (χ2n) is 5.10.